The minimum Gasteiger partial charge on any atom is -0.340 e. The second-order valence-electron chi connectivity index (χ2n) is 6.88. The van der Waals surface area contributed by atoms with Gasteiger partial charge in [-0.05, 0) is 49.6 Å². The van der Waals surface area contributed by atoms with Crippen molar-refractivity contribution in [2.24, 2.45) is 0 Å². The molecular weight excluding hydrogens is 336 g/mol. The largest absolute Gasteiger partial charge is 0.340 e. The Kier molecular flexibility index (Phi) is 5.50. The molecule has 2 aromatic carbocycles. The first kappa shape index (κ1) is 18.6. The Bertz CT molecular complexity index is 949. The topological polar surface area (TPSA) is 66.9 Å². The zero-order chi connectivity index (χ0) is 19.4. The first-order valence-electron chi connectivity index (χ1n) is 9.01. The van der Waals surface area contributed by atoms with Crippen LogP contribution >= 0.6 is 0 Å². The van der Waals surface area contributed by atoms with E-state index in [0.717, 1.165) is 17.1 Å². The second kappa shape index (κ2) is 7.99. The SMILES string of the molecule is CC(=O)c1cccc(Nc2nc(C)cc(Nc3ccc(C(C)C)cc3)n2)c1. The molecule has 5 nitrogen and oxygen atoms in total. The lowest BCUT2D eigenvalue weighted by atomic mass is 10.0. The molecule has 0 spiro atoms. The summed E-state index contributed by atoms with van der Waals surface area (Å²) in [6.07, 6.45) is 0. The molecule has 1 aromatic heterocycles. The summed E-state index contributed by atoms with van der Waals surface area (Å²) in [4.78, 5) is 20.5. The molecule has 0 aliphatic rings. The molecular formula is C22H24N4O. The van der Waals surface area contributed by atoms with E-state index in [0.29, 0.717) is 23.2 Å². The molecule has 0 radical (unpaired) electrons. The van der Waals surface area contributed by atoms with Gasteiger partial charge in [0.15, 0.2) is 5.78 Å². The number of hydrogen-bond acceptors (Lipinski definition) is 5. The highest BCUT2D eigenvalue weighted by molar-refractivity contribution is 5.95. The lowest BCUT2D eigenvalue weighted by Gasteiger charge is -2.11. The summed E-state index contributed by atoms with van der Waals surface area (Å²) in [6, 6.07) is 17.5. The molecule has 0 unspecified atom stereocenters. The van der Waals surface area contributed by atoms with Crippen LogP contribution in [0.4, 0.5) is 23.1 Å². The Morgan fingerprint density at radius 2 is 1.67 bits per heavy atom. The molecule has 27 heavy (non-hydrogen) atoms. The van der Waals surface area contributed by atoms with E-state index in [1.54, 1.807) is 19.1 Å². The van der Waals surface area contributed by atoms with E-state index in [-0.39, 0.29) is 5.78 Å². The number of nitrogens with one attached hydrogen (secondary N) is 2. The van der Waals surface area contributed by atoms with E-state index < -0.39 is 0 Å². The molecule has 0 amide bonds. The smallest absolute Gasteiger partial charge is 0.229 e. The third kappa shape index (κ3) is 4.91. The van der Waals surface area contributed by atoms with Crippen LogP contribution in [-0.4, -0.2) is 15.8 Å². The predicted molar refractivity (Wildman–Crippen MR) is 110 cm³/mol. The van der Waals surface area contributed by atoms with Crippen molar-refractivity contribution in [2.45, 2.75) is 33.6 Å². The van der Waals surface area contributed by atoms with Gasteiger partial charge < -0.3 is 10.6 Å². The highest BCUT2D eigenvalue weighted by Crippen LogP contribution is 2.22. The van der Waals surface area contributed by atoms with Gasteiger partial charge in [0.1, 0.15) is 5.82 Å². The molecule has 2 N–H and O–H groups in total. The normalized spacial score (nSPS) is 10.7. The fourth-order valence-corrected chi connectivity index (χ4v) is 2.73. The summed E-state index contributed by atoms with van der Waals surface area (Å²) in [5.41, 5.74) is 4.54. The van der Waals surface area contributed by atoms with Crippen molar-refractivity contribution in [3.05, 3.63) is 71.4 Å². The molecule has 0 fully saturated rings. The van der Waals surface area contributed by atoms with Gasteiger partial charge in [-0.3, -0.25) is 4.79 Å². The first-order chi connectivity index (χ1) is 12.9. The summed E-state index contributed by atoms with van der Waals surface area (Å²) in [5, 5.41) is 6.50. The maximum atomic E-state index is 11.6. The quantitative estimate of drug-likeness (QED) is 0.560. The van der Waals surface area contributed by atoms with Crippen molar-refractivity contribution in [1.82, 2.24) is 9.97 Å². The van der Waals surface area contributed by atoms with E-state index in [1.807, 2.05) is 25.1 Å². The van der Waals surface area contributed by atoms with Crippen LogP contribution in [0, 0.1) is 6.92 Å². The fraction of sp³-hybridized carbons (Fsp3) is 0.227. The zero-order valence-electron chi connectivity index (χ0n) is 16.1. The van der Waals surface area contributed by atoms with Gasteiger partial charge in [-0.25, -0.2) is 4.98 Å². The van der Waals surface area contributed by atoms with Crippen LogP contribution in [-0.2, 0) is 0 Å². The average molecular weight is 360 g/mol. The third-order valence-corrected chi connectivity index (χ3v) is 4.23. The lowest BCUT2D eigenvalue weighted by Crippen LogP contribution is -2.03. The molecule has 3 rings (SSSR count). The van der Waals surface area contributed by atoms with Crippen LogP contribution in [0.5, 0.6) is 0 Å². The molecule has 0 bridgehead atoms. The number of Topliss-reactive ketones (excluding diaryl/α,β-unsaturated/α-hetero) is 1. The number of aromatic nitrogens is 2. The number of nitrogens with zero attached hydrogens (tertiary/aromatic N) is 2. The summed E-state index contributed by atoms with van der Waals surface area (Å²) >= 11 is 0. The van der Waals surface area contributed by atoms with Crippen molar-refractivity contribution in [3.8, 4) is 0 Å². The summed E-state index contributed by atoms with van der Waals surface area (Å²) < 4.78 is 0. The maximum Gasteiger partial charge on any atom is 0.229 e. The number of benzene rings is 2. The Labute approximate surface area is 159 Å². The van der Waals surface area contributed by atoms with E-state index in [1.165, 1.54) is 5.56 Å². The van der Waals surface area contributed by atoms with E-state index in [9.17, 15) is 4.79 Å². The second-order valence-corrected chi connectivity index (χ2v) is 6.88. The highest BCUT2D eigenvalue weighted by Gasteiger charge is 2.06. The standard InChI is InChI=1S/C22H24N4O/c1-14(2)17-8-10-19(11-9-17)24-21-12-15(3)23-22(26-21)25-20-7-5-6-18(13-20)16(4)27/h5-14H,1-4H3,(H2,23,24,25,26). The van der Waals surface area contributed by atoms with Crippen LogP contribution in [0.2, 0.25) is 0 Å². The van der Waals surface area contributed by atoms with Gasteiger partial charge in [0, 0.05) is 28.7 Å². The molecule has 0 aliphatic heterocycles. The van der Waals surface area contributed by atoms with E-state index in [4.69, 9.17) is 0 Å². The van der Waals surface area contributed by atoms with E-state index in [2.05, 4.69) is 58.7 Å². The Morgan fingerprint density at radius 3 is 2.33 bits per heavy atom. The number of anilines is 4. The minimum atomic E-state index is 0.0241. The van der Waals surface area contributed by atoms with Gasteiger partial charge in [-0.1, -0.05) is 38.1 Å². The fourth-order valence-electron chi connectivity index (χ4n) is 2.73. The molecule has 1 heterocycles. The molecule has 0 saturated carbocycles. The molecule has 0 atom stereocenters. The number of ketones is 1. The number of carbonyl (C=O) groups excluding carboxylic acids is 1. The molecule has 5 heteroatoms. The lowest BCUT2D eigenvalue weighted by molar-refractivity contribution is 0.101. The molecule has 3 aromatic rings. The van der Waals surface area contributed by atoms with Crippen LogP contribution in [0.1, 0.15) is 48.3 Å². The summed E-state index contributed by atoms with van der Waals surface area (Å²) in [7, 11) is 0. The number of aryl methyl sites for hydroxylation is 1. The molecule has 138 valence electrons. The molecule has 0 saturated heterocycles. The highest BCUT2D eigenvalue weighted by atomic mass is 16.1. The Balaban J connectivity index is 1.80. The number of carbonyl (C=O) groups is 1. The summed E-state index contributed by atoms with van der Waals surface area (Å²) in [6.45, 7) is 7.82. The first-order valence-corrected chi connectivity index (χ1v) is 9.01. The van der Waals surface area contributed by atoms with Crippen LogP contribution < -0.4 is 10.6 Å². The Hall–Kier alpha value is -3.21. The van der Waals surface area contributed by atoms with Gasteiger partial charge in [-0.15, -0.1) is 0 Å². The number of rotatable bonds is 6. The van der Waals surface area contributed by atoms with Crippen molar-refractivity contribution < 1.29 is 4.79 Å². The summed E-state index contributed by atoms with van der Waals surface area (Å²) in [5.74, 6) is 1.72. The van der Waals surface area contributed by atoms with Crippen molar-refractivity contribution in [2.75, 3.05) is 10.6 Å². The zero-order valence-corrected chi connectivity index (χ0v) is 16.1. The molecule has 0 aliphatic carbocycles. The van der Waals surface area contributed by atoms with Gasteiger partial charge in [0.25, 0.3) is 0 Å². The minimum absolute atomic E-state index is 0.0241. The Morgan fingerprint density at radius 1 is 0.926 bits per heavy atom. The average Bonchev–Trinajstić information content (AvgIpc) is 2.62. The third-order valence-electron chi connectivity index (χ3n) is 4.23. The monoisotopic (exact) mass is 360 g/mol. The number of hydrogen-bond donors (Lipinski definition) is 2. The van der Waals surface area contributed by atoms with Crippen LogP contribution in [0.25, 0.3) is 0 Å². The predicted octanol–water partition coefficient (Wildman–Crippen LogP) is 5.60. The maximum absolute atomic E-state index is 11.6. The van der Waals surface area contributed by atoms with Gasteiger partial charge in [-0.2, -0.15) is 4.98 Å². The van der Waals surface area contributed by atoms with E-state index >= 15 is 0 Å². The van der Waals surface area contributed by atoms with Crippen molar-refractivity contribution in [3.63, 3.8) is 0 Å². The van der Waals surface area contributed by atoms with Crippen LogP contribution in [0.3, 0.4) is 0 Å². The van der Waals surface area contributed by atoms with Gasteiger partial charge >= 0.3 is 0 Å². The van der Waals surface area contributed by atoms with Crippen molar-refractivity contribution in [1.29, 1.82) is 0 Å². The van der Waals surface area contributed by atoms with Gasteiger partial charge in [0.2, 0.25) is 5.95 Å². The van der Waals surface area contributed by atoms with Crippen molar-refractivity contribution >= 4 is 28.9 Å². The van der Waals surface area contributed by atoms with Crippen LogP contribution in [0.15, 0.2) is 54.6 Å². The van der Waals surface area contributed by atoms with Gasteiger partial charge in [0.05, 0.1) is 0 Å².